The second kappa shape index (κ2) is 6.59. The van der Waals surface area contributed by atoms with E-state index < -0.39 is 0 Å². The highest BCUT2D eigenvalue weighted by Gasteiger charge is 2.10. The smallest absolute Gasteiger partial charge is 0.125 e. The van der Waals surface area contributed by atoms with Crippen molar-refractivity contribution in [2.45, 2.75) is 20.4 Å². The summed E-state index contributed by atoms with van der Waals surface area (Å²) in [5.74, 6) is 0.581. The third-order valence-corrected chi connectivity index (χ3v) is 2.74. The van der Waals surface area contributed by atoms with Crippen molar-refractivity contribution in [2.75, 3.05) is 19.8 Å². The first-order chi connectivity index (χ1) is 8.12. The van der Waals surface area contributed by atoms with E-state index in [0.717, 1.165) is 22.4 Å². The molecule has 0 aliphatic heterocycles. The Balaban J connectivity index is 2.77. The molecule has 0 atom stereocenters. The fourth-order valence-corrected chi connectivity index (χ4v) is 1.75. The average Bonchev–Trinajstić information content (AvgIpc) is 2.32. The maximum atomic E-state index is 8.97. The van der Waals surface area contributed by atoms with Gasteiger partial charge in [0.1, 0.15) is 5.75 Å². The minimum atomic E-state index is -0.233. The van der Waals surface area contributed by atoms with E-state index in [1.54, 1.807) is 0 Å². The monoisotopic (exact) mass is 239 g/mol. The Bertz CT molecular complexity index is 339. The fourth-order valence-electron chi connectivity index (χ4n) is 1.75. The lowest BCUT2D eigenvalue weighted by Crippen LogP contribution is -2.20. The zero-order valence-electron chi connectivity index (χ0n) is 10.4. The molecular formula is C13H21NO3. The summed E-state index contributed by atoms with van der Waals surface area (Å²) in [5, 5.41) is 17.9. The number of rotatable bonds is 6. The summed E-state index contributed by atoms with van der Waals surface area (Å²) in [7, 11) is 0. The van der Waals surface area contributed by atoms with Crippen molar-refractivity contribution < 1.29 is 14.9 Å². The first-order valence-electron chi connectivity index (χ1n) is 5.77. The molecule has 0 aliphatic carbocycles. The molecule has 0 saturated carbocycles. The van der Waals surface area contributed by atoms with Gasteiger partial charge in [0.2, 0.25) is 0 Å². The van der Waals surface area contributed by atoms with Crippen molar-refractivity contribution >= 4 is 0 Å². The molecule has 0 aliphatic rings. The summed E-state index contributed by atoms with van der Waals surface area (Å²) in [6.07, 6.45) is 0. The van der Waals surface area contributed by atoms with Gasteiger partial charge in [-0.25, -0.2) is 0 Å². The van der Waals surface area contributed by atoms with Crippen molar-refractivity contribution in [1.29, 1.82) is 0 Å². The number of ether oxygens (including phenoxy) is 1. The van der Waals surface area contributed by atoms with Gasteiger partial charge in [-0.15, -0.1) is 0 Å². The highest BCUT2D eigenvalue weighted by Crippen LogP contribution is 2.25. The number of nitrogens with two attached hydrogens (primary N) is 1. The van der Waals surface area contributed by atoms with Crippen molar-refractivity contribution in [2.24, 2.45) is 11.7 Å². The molecule has 0 radical (unpaired) electrons. The third kappa shape index (κ3) is 3.70. The predicted octanol–water partition coefficient (Wildman–Crippen LogP) is 0.742. The summed E-state index contributed by atoms with van der Waals surface area (Å²) in [6.45, 7) is 4.61. The molecule has 0 spiro atoms. The van der Waals surface area contributed by atoms with E-state index in [2.05, 4.69) is 0 Å². The van der Waals surface area contributed by atoms with Crippen LogP contribution in [0.1, 0.15) is 16.7 Å². The molecule has 1 aromatic carbocycles. The molecule has 0 amide bonds. The summed E-state index contributed by atoms with van der Waals surface area (Å²) in [5.41, 5.74) is 8.73. The van der Waals surface area contributed by atoms with E-state index in [0.29, 0.717) is 13.2 Å². The standard InChI is InChI=1S/C13H21NO3/c1-9-3-11(5-14)4-10(2)13(9)17-8-12(6-15)7-16/h3-4,12,15-16H,5-8,14H2,1-2H3. The molecule has 4 heteroatoms. The Hall–Kier alpha value is -1.10. The molecule has 0 saturated heterocycles. The number of aliphatic hydroxyl groups is 2. The van der Waals surface area contributed by atoms with E-state index in [9.17, 15) is 0 Å². The SMILES string of the molecule is Cc1cc(CN)cc(C)c1OCC(CO)CO. The summed E-state index contributed by atoms with van der Waals surface area (Å²) in [6, 6.07) is 3.99. The lowest BCUT2D eigenvalue weighted by molar-refractivity contribution is 0.105. The van der Waals surface area contributed by atoms with E-state index in [-0.39, 0.29) is 19.1 Å². The van der Waals surface area contributed by atoms with Gasteiger partial charge in [0.25, 0.3) is 0 Å². The predicted molar refractivity (Wildman–Crippen MR) is 67.0 cm³/mol. The molecule has 1 rings (SSSR count). The second-order valence-corrected chi connectivity index (χ2v) is 4.31. The van der Waals surface area contributed by atoms with E-state index in [4.69, 9.17) is 20.7 Å². The Kier molecular flexibility index (Phi) is 5.41. The zero-order valence-corrected chi connectivity index (χ0v) is 10.4. The molecule has 96 valence electrons. The van der Waals surface area contributed by atoms with Gasteiger partial charge < -0.3 is 20.7 Å². The molecule has 0 bridgehead atoms. The molecule has 0 aromatic heterocycles. The Morgan fingerprint density at radius 2 is 1.71 bits per heavy atom. The van der Waals surface area contributed by atoms with Crippen LogP contribution in [0.15, 0.2) is 12.1 Å². The molecule has 0 unspecified atom stereocenters. The molecule has 0 fully saturated rings. The van der Waals surface area contributed by atoms with Gasteiger partial charge in [0.15, 0.2) is 0 Å². The van der Waals surface area contributed by atoms with Gasteiger partial charge in [-0.05, 0) is 30.5 Å². The van der Waals surface area contributed by atoms with Crippen LogP contribution in [0, 0.1) is 19.8 Å². The van der Waals surface area contributed by atoms with Crippen LogP contribution in [0.5, 0.6) is 5.75 Å². The lowest BCUT2D eigenvalue weighted by atomic mass is 10.1. The lowest BCUT2D eigenvalue weighted by Gasteiger charge is -2.17. The van der Waals surface area contributed by atoms with E-state index >= 15 is 0 Å². The second-order valence-electron chi connectivity index (χ2n) is 4.31. The van der Waals surface area contributed by atoms with Crippen molar-refractivity contribution in [1.82, 2.24) is 0 Å². The van der Waals surface area contributed by atoms with Crippen LogP contribution in [0.3, 0.4) is 0 Å². The molecule has 17 heavy (non-hydrogen) atoms. The number of aliphatic hydroxyl groups excluding tert-OH is 2. The van der Waals surface area contributed by atoms with Crippen LogP contribution in [-0.2, 0) is 6.54 Å². The van der Waals surface area contributed by atoms with Crippen LogP contribution in [-0.4, -0.2) is 30.0 Å². The minimum absolute atomic E-state index is 0.0739. The van der Waals surface area contributed by atoms with Gasteiger partial charge in [-0.1, -0.05) is 12.1 Å². The van der Waals surface area contributed by atoms with E-state index in [1.165, 1.54) is 0 Å². The highest BCUT2D eigenvalue weighted by atomic mass is 16.5. The van der Waals surface area contributed by atoms with Crippen LogP contribution < -0.4 is 10.5 Å². The van der Waals surface area contributed by atoms with Crippen molar-refractivity contribution in [3.05, 3.63) is 28.8 Å². The van der Waals surface area contributed by atoms with Crippen molar-refractivity contribution in [3.63, 3.8) is 0 Å². The molecule has 0 heterocycles. The first kappa shape index (κ1) is 14.0. The van der Waals surface area contributed by atoms with Gasteiger partial charge in [-0.2, -0.15) is 0 Å². The van der Waals surface area contributed by atoms with Crippen LogP contribution in [0.2, 0.25) is 0 Å². The molecule has 4 N–H and O–H groups in total. The normalized spacial score (nSPS) is 10.9. The summed E-state index contributed by atoms with van der Waals surface area (Å²) < 4.78 is 5.65. The summed E-state index contributed by atoms with van der Waals surface area (Å²) in [4.78, 5) is 0. The highest BCUT2D eigenvalue weighted by molar-refractivity contribution is 5.43. The summed E-state index contributed by atoms with van der Waals surface area (Å²) >= 11 is 0. The Morgan fingerprint density at radius 1 is 1.18 bits per heavy atom. The third-order valence-electron chi connectivity index (χ3n) is 2.74. The quantitative estimate of drug-likeness (QED) is 0.684. The Labute approximate surface area is 102 Å². The van der Waals surface area contributed by atoms with Crippen molar-refractivity contribution in [3.8, 4) is 5.75 Å². The zero-order chi connectivity index (χ0) is 12.8. The number of benzene rings is 1. The first-order valence-corrected chi connectivity index (χ1v) is 5.77. The van der Waals surface area contributed by atoms with Gasteiger partial charge >= 0.3 is 0 Å². The number of hydrogen-bond donors (Lipinski definition) is 3. The molecular weight excluding hydrogens is 218 g/mol. The van der Waals surface area contributed by atoms with Crippen LogP contribution in [0.4, 0.5) is 0 Å². The maximum Gasteiger partial charge on any atom is 0.125 e. The van der Waals surface area contributed by atoms with Gasteiger partial charge in [0.05, 0.1) is 19.8 Å². The Morgan fingerprint density at radius 3 is 2.12 bits per heavy atom. The van der Waals surface area contributed by atoms with E-state index in [1.807, 2.05) is 26.0 Å². The largest absolute Gasteiger partial charge is 0.493 e. The number of aryl methyl sites for hydroxylation is 2. The van der Waals surface area contributed by atoms with Gasteiger partial charge in [0, 0.05) is 12.5 Å². The average molecular weight is 239 g/mol. The maximum absolute atomic E-state index is 8.97. The fraction of sp³-hybridized carbons (Fsp3) is 0.538. The number of hydrogen-bond acceptors (Lipinski definition) is 4. The molecule has 1 aromatic rings. The minimum Gasteiger partial charge on any atom is -0.493 e. The van der Waals surface area contributed by atoms with Gasteiger partial charge in [-0.3, -0.25) is 0 Å². The van der Waals surface area contributed by atoms with Crippen LogP contribution in [0.25, 0.3) is 0 Å². The van der Waals surface area contributed by atoms with Crippen LogP contribution >= 0.6 is 0 Å². The molecule has 4 nitrogen and oxygen atoms in total. The topological polar surface area (TPSA) is 75.7 Å².